The van der Waals surface area contributed by atoms with E-state index < -0.39 is 6.04 Å². The van der Waals surface area contributed by atoms with Crippen LogP contribution in [0.4, 0.5) is 5.69 Å². The number of amidine groups is 1. The molecule has 5 rings (SSSR count). The second-order valence-electron chi connectivity index (χ2n) is 9.69. The molecule has 3 aliphatic rings. The van der Waals surface area contributed by atoms with Gasteiger partial charge in [0.25, 0.3) is 5.91 Å². The maximum atomic E-state index is 13.8. The van der Waals surface area contributed by atoms with Gasteiger partial charge < -0.3 is 24.8 Å². The molecule has 11 heteroatoms. The minimum atomic E-state index is -0.534. The average Bonchev–Trinajstić information content (AvgIpc) is 3.34. The molecule has 2 aromatic rings. The Hall–Kier alpha value is -3.76. The van der Waals surface area contributed by atoms with Crippen LogP contribution < -0.4 is 10.1 Å². The Morgan fingerprint density at radius 2 is 1.77 bits per heavy atom. The number of hydrogen-bond donors (Lipinski definition) is 1. The molecular weight excluding hydrogens is 550 g/mol. The molecule has 0 saturated carbocycles. The first-order valence-corrected chi connectivity index (χ1v) is 14.2. The van der Waals surface area contributed by atoms with Crippen LogP contribution in [0.1, 0.15) is 31.9 Å². The molecule has 2 aromatic carbocycles. The van der Waals surface area contributed by atoms with Crippen LogP contribution in [-0.2, 0) is 14.4 Å². The van der Waals surface area contributed by atoms with Gasteiger partial charge in [-0.05, 0) is 54.3 Å². The number of methoxy groups -OCH3 is 1. The number of allylic oxidation sites excluding steroid dienone is 1. The summed E-state index contributed by atoms with van der Waals surface area (Å²) in [4.78, 5) is 49.1. The van der Waals surface area contributed by atoms with E-state index in [4.69, 9.17) is 21.3 Å². The summed E-state index contributed by atoms with van der Waals surface area (Å²) in [5, 5.41) is 6.17. The molecule has 208 valence electrons. The topological polar surface area (TPSA) is 94.5 Å². The fourth-order valence-corrected chi connectivity index (χ4v) is 6.23. The summed E-state index contributed by atoms with van der Waals surface area (Å²) >= 11 is 7.83. The van der Waals surface area contributed by atoms with Gasteiger partial charge >= 0.3 is 0 Å². The Labute approximate surface area is 242 Å². The zero-order chi connectivity index (χ0) is 28.4. The van der Waals surface area contributed by atoms with Crippen molar-refractivity contribution in [2.75, 3.05) is 38.6 Å². The second-order valence-corrected chi connectivity index (χ2v) is 11.0. The van der Waals surface area contributed by atoms with Gasteiger partial charge in [-0.25, -0.2) is 4.99 Å². The van der Waals surface area contributed by atoms with E-state index in [0.717, 1.165) is 11.3 Å². The fourth-order valence-electron chi connectivity index (χ4n) is 5.06. The van der Waals surface area contributed by atoms with Crippen LogP contribution in [0.15, 0.2) is 75.9 Å². The summed E-state index contributed by atoms with van der Waals surface area (Å²) < 4.78 is 5.23. The van der Waals surface area contributed by atoms with E-state index >= 15 is 0 Å². The van der Waals surface area contributed by atoms with Gasteiger partial charge in [-0.15, -0.1) is 0 Å². The summed E-state index contributed by atoms with van der Waals surface area (Å²) in [6.45, 7) is 5.40. The SMILES string of the molecule is COc1ccc(NC(=O)C2=C(C)N=C3SC=C(CC(=O)N4CCN(C(C)=O)CC4)N3[C@H]2c2cccc(Cl)c2)cc1. The molecule has 1 fully saturated rings. The number of fused-ring (bicyclic) bond motifs is 1. The van der Waals surface area contributed by atoms with Crippen molar-refractivity contribution >= 4 is 51.9 Å². The Bertz CT molecular complexity index is 1430. The van der Waals surface area contributed by atoms with Gasteiger partial charge in [-0.2, -0.15) is 0 Å². The van der Waals surface area contributed by atoms with Gasteiger partial charge in [0.15, 0.2) is 5.17 Å². The Morgan fingerprint density at radius 3 is 2.42 bits per heavy atom. The first-order valence-electron chi connectivity index (χ1n) is 12.9. The molecule has 1 atom stereocenters. The fraction of sp³-hybridized carbons (Fsp3) is 0.310. The second kappa shape index (κ2) is 11.8. The number of nitrogens with zero attached hydrogens (tertiary/aromatic N) is 4. The molecule has 3 heterocycles. The average molecular weight is 580 g/mol. The minimum Gasteiger partial charge on any atom is -0.497 e. The third-order valence-corrected chi connectivity index (χ3v) is 8.29. The van der Waals surface area contributed by atoms with Crippen LogP contribution >= 0.6 is 23.4 Å². The van der Waals surface area contributed by atoms with Crippen LogP contribution in [0.25, 0.3) is 0 Å². The molecule has 9 nitrogen and oxygen atoms in total. The largest absolute Gasteiger partial charge is 0.497 e. The number of thioether (sulfide) groups is 1. The first-order chi connectivity index (χ1) is 19.2. The number of aliphatic imine (C=N–C) groups is 1. The molecule has 3 amide bonds. The number of amides is 3. The maximum absolute atomic E-state index is 13.8. The number of carbonyl (C=O) groups is 3. The van der Waals surface area contributed by atoms with Crippen molar-refractivity contribution in [1.82, 2.24) is 14.7 Å². The van der Waals surface area contributed by atoms with Gasteiger partial charge in [0, 0.05) is 49.5 Å². The third kappa shape index (κ3) is 5.73. The highest BCUT2D eigenvalue weighted by molar-refractivity contribution is 8.16. The smallest absolute Gasteiger partial charge is 0.255 e. The van der Waals surface area contributed by atoms with Crippen molar-refractivity contribution in [3.63, 3.8) is 0 Å². The Balaban J connectivity index is 1.43. The highest BCUT2D eigenvalue weighted by Crippen LogP contribution is 2.45. The van der Waals surface area contributed by atoms with Crippen molar-refractivity contribution in [3.05, 3.63) is 81.5 Å². The summed E-state index contributed by atoms with van der Waals surface area (Å²) in [6, 6.07) is 14.0. The van der Waals surface area contributed by atoms with Gasteiger partial charge in [0.05, 0.1) is 30.8 Å². The lowest BCUT2D eigenvalue weighted by atomic mass is 9.93. The maximum Gasteiger partial charge on any atom is 0.255 e. The zero-order valence-electron chi connectivity index (χ0n) is 22.5. The molecule has 0 radical (unpaired) electrons. The van der Waals surface area contributed by atoms with Crippen LogP contribution in [0.5, 0.6) is 5.75 Å². The van der Waals surface area contributed by atoms with E-state index in [2.05, 4.69) is 5.32 Å². The van der Waals surface area contributed by atoms with Gasteiger partial charge in [-0.3, -0.25) is 14.4 Å². The number of benzene rings is 2. The molecule has 0 aliphatic carbocycles. The summed E-state index contributed by atoms with van der Waals surface area (Å²) in [6.07, 6.45) is 0.148. The number of halogens is 1. The predicted octanol–water partition coefficient (Wildman–Crippen LogP) is 4.64. The van der Waals surface area contributed by atoms with E-state index in [0.29, 0.717) is 59.1 Å². The minimum absolute atomic E-state index is 0.0168. The Kier molecular flexibility index (Phi) is 8.18. The summed E-state index contributed by atoms with van der Waals surface area (Å²) in [5.74, 6) is 0.381. The molecule has 1 N–H and O–H groups in total. The molecule has 0 aromatic heterocycles. The molecule has 0 bridgehead atoms. The first kappa shape index (κ1) is 27.8. The molecule has 1 saturated heterocycles. The third-order valence-electron chi connectivity index (χ3n) is 7.17. The number of ether oxygens (including phenoxy) is 1. The van der Waals surface area contributed by atoms with Crippen molar-refractivity contribution in [1.29, 1.82) is 0 Å². The number of anilines is 1. The van der Waals surface area contributed by atoms with Crippen molar-refractivity contribution in [3.8, 4) is 5.75 Å². The summed E-state index contributed by atoms with van der Waals surface area (Å²) in [7, 11) is 1.59. The van der Waals surface area contributed by atoms with Gasteiger partial charge in [0.1, 0.15) is 5.75 Å². The normalized spacial score (nSPS) is 18.7. The van der Waals surface area contributed by atoms with E-state index in [1.54, 1.807) is 54.2 Å². The van der Waals surface area contributed by atoms with Gasteiger partial charge in [0.2, 0.25) is 11.8 Å². The number of carbonyl (C=O) groups excluding carboxylic acids is 3. The monoisotopic (exact) mass is 579 g/mol. The molecular formula is C29H30ClN5O4S. The number of hydrogen-bond acceptors (Lipinski definition) is 7. The quantitative estimate of drug-likeness (QED) is 0.536. The number of rotatable bonds is 6. The van der Waals surface area contributed by atoms with Crippen LogP contribution in [-0.4, -0.2) is 70.9 Å². The van der Waals surface area contributed by atoms with Crippen LogP contribution in [0.3, 0.4) is 0 Å². The lowest BCUT2D eigenvalue weighted by Crippen LogP contribution is -2.50. The van der Waals surface area contributed by atoms with E-state index in [9.17, 15) is 14.4 Å². The number of piperazine rings is 1. The number of nitrogens with one attached hydrogen (secondary N) is 1. The highest BCUT2D eigenvalue weighted by Gasteiger charge is 2.41. The van der Waals surface area contributed by atoms with E-state index in [1.807, 2.05) is 35.4 Å². The van der Waals surface area contributed by atoms with Crippen molar-refractivity contribution in [2.24, 2.45) is 4.99 Å². The summed E-state index contributed by atoms with van der Waals surface area (Å²) in [5.41, 5.74) is 3.26. The zero-order valence-corrected chi connectivity index (χ0v) is 24.1. The highest BCUT2D eigenvalue weighted by atomic mass is 35.5. The molecule has 40 heavy (non-hydrogen) atoms. The Morgan fingerprint density at radius 1 is 1.07 bits per heavy atom. The van der Waals surface area contributed by atoms with Crippen molar-refractivity contribution in [2.45, 2.75) is 26.3 Å². The van der Waals surface area contributed by atoms with E-state index in [-0.39, 0.29) is 24.1 Å². The van der Waals surface area contributed by atoms with Crippen molar-refractivity contribution < 1.29 is 19.1 Å². The van der Waals surface area contributed by atoms with Crippen LogP contribution in [0, 0.1) is 0 Å². The van der Waals surface area contributed by atoms with Gasteiger partial charge in [-0.1, -0.05) is 35.5 Å². The van der Waals surface area contributed by atoms with Crippen LogP contribution in [0.2, 0.25) is 5.02 Å². The molecule has 3 aliphatic heterocycles. The lowest BCUT2D eigenvalue weighted by molar-refractivity contribution is -0.138. The lowest BCUT2D eigenvalue weighted by Gasteiger charge is -2.38. The molecule has 0 spiro atoms. The molecule has 0 unspecified atom stereocenters. The standard InChI is InChI=1S/C29H30ClN5O4S/c1-18-26(28(38)32-22-7-9-24(39-3)10-8-22)27(20-5-4-6-21(30)15-20)35-23(17-40-29(35)31-18)16-25(37)34-13-11-33(12-14-34)19(2)36/h4-10,15,17,27H,11-14,16H2,1-3H3,(H,32,38)/t27-/m0/s1. The van der Waals surface area contributed by atoms with E-state index in [1.165, 1.54) is 11.8 Å². The predicted molar refractivity (Wildman–Crippen MR) is 157 cm³/mol.